The Bertz CT molecular complexity index is 4270. The Morgan fingerprint density at radius 2 is 0.986 bits per heavy atom. The minimum absolute atomic E-state index is 0.0302. The molecule has 8 aromatic carbocycles. The lowest BCUT2D eigenvalue weighted by atomic mass is 9.30. The molecule has 15 rings (SSSR count). The fourth-order valence-electron chi connectivity index (χ4n) is 14.8. The number of hydrogen-bond donors (Lipinski definition) is 0. The molecule has 0 saturated heterocycles. The summed E-state index contributed by atoms with van der Waals surface area (Å²) in [6.45, 7) is 36.0. The molecule has 0 spiro atoms. The monoisotopic (exact) mass is 964 g/mol. The van der Waals surface area contributed by atoms with Crippen LogP contribution in [0.2, 0.25) is 0 Å². The molecule has 0 saturated carbocycles. The normalized spacial score (nSPS) is 16.6. The molecule has 0 N–H and O–H groups in total. The zero-order chi connectivity index (χ0) is 51.7. The lowest BCUT2D eigenvalue weighted by Crippen LogP contribution is -2.63. The van der Waals surface area contributed by atoms with E-state index in [1.54, 1.807) is 0 Å². The van der Waals surface area contributed by atoms with Gasteiger partial charge in [0.25, 0.3) is 0 Å². The Morgan fingerprint density at radius 3 is 1.69 bits per heavy atom. The van der Waals surface area contributed by atoms with Crippen molar-refractivity contribution in [2.75, 3.05) is 0 Å². The largest absolute Gasteiger partial charge is 0.310 e. The Hall–Kier alpha value is -6.78. The van der Waals surface area contributed by atoms with Gasteiger partial charge in [0.15, 0.2) is 0 Å². The van der Waals surface area contributed by atoms with Gasteiger partial charge in [-0.2, -0.15) is 0 Å². The second kappa shape index (κ2) is 14.3. The fraction of sp³-hybridized carbons (Fsp3) is 0.314. The molecule has 0 radical (unpaired) electrons. The van der Waals surface area contributed by atoms with Crippen molar-refractivity contribution in [2.45, 2.75) is 143 Å². The van der Waals surface area contributed by atoms with Crippen LogP contribution in [0, 0.1) is 0 Å². The molecule has 0 amide bonds. The van der Waals surface area contributed by atoms with E-state index >= 15 is 0 Å². The van der Waals surface area contributed by atoms with Crippen LogP contribution in [0.3, 0.4) is 0 Å². The maximum Gasteiger partial charge on any atom is 0.247 e. The number of aromatic nitrogens is 3. The van der Waals surface area contributed by atoms with Crippen LogP contribution in [0.15, 0.2) is 140 Å². The van der Waals surface area contributed by atoms with Crippen LogP contribution in [-0.2, 0) is 32.5 Å². The minimum Gasteiger partial charge on any atom is -0.310 e. The summed E-state index contributed by atoms with van der Waals surface area (Å²) in [5, 5.41) is 8.03. The van der Waals surface area contributed by atoms with Gasteiger partial charge in [0, 0.05) is 60.3 Å². The molecular formula is C70H70BN3. The van der Waals surface area contributed by atoms with Gasteiger partial charge in [-0.3, -0.25) is 0 Å². The number of fused-ring (bicyclic) bond motifs is 14. The molecule has 74 heavy (non-hydrogen) atoms. The van der Waals surface area contributed by atoms with Crippen LogP contribution in [0.25, 0.3) is 82.5 Å². The van der Waals surface area contributed by atoms with E-state index in [0.29, 0.717) is 0 Å². The maximum atomic E-state index is 2.65. The molecule has 7 heterocycles. The highest BCUT2D eigenvalue weighted by Gasteiger charge is 2.47. The summed E-state index contributed by atoms with van der Waals surface area (Å²) in [5.74, 6) is 0. The van der Waals surface area contributed by atoms with Crippen molar-refractivity contribution in [3.05, 3.63) is 178 Å². The SMILES string of the molecule is CC(C)(C)c1ccc(-n2c3ccc4cc3c3c2ccc2c5c6c(ccc5n(c23)-c2ccc(cc2)C(C)(C)CC4(C)C)B2c3c(cccc3C6(C)C)-n3c4ccc(C(C)(C)C)cc4c4cc(C(C)(C)C)cc2c43)cc1. The molecule has 0 unspecified atom stereocenters. The van der Waals surface area contributed by atoms with E-state index in [2.05, 4.69) is 257 Å². The molecule has 0 aliphatic carbocycles. The number of rotatable bonds is 1. The van der Waals surface area contributed by atoms with Gasteiger partial charge in [-0.05, 0) is 156 Å². The van der Waals surface area contributed by atoms with Gasteiger partial charge in [0.05, 0.1) is 27.6 Å². The molecule has 3 aromatic heterocycles. The molecule has 11 aromatic rings. The first-order chi connectivity index (χ1) is 34.8. The summed E-state index contributed by atoms with van der Waals surface area (Å²) in [5.41, 5.74) is 25.0. The lowest BCUT2D eigenvalue weighted by Gasteiger charge is -2.42. The Balaban J connectivity index is 1.15. The highest BCUT2D eigenvalue weighted by Crippen LogP contribution is 2.50. The van der Waals surface area contributed by atoms with Crippen LogP contribution in [-0.4, -0.2) is 20.4 Å². The second-order valence-corrected chi connectivity index (χ2v) is 27.8. The van der Waals surface area contributed by atoms with Crippen LogP contribution in [0.1, 0.15) is 149 Å². The predicted molar refractivity (Wildman–Crippen MR) is 319 cm³/mol. The molecule has 368 valence electrons. The molecular weight excluding hydrogens is 894 g/mol. The smallest absolute Gasteiger partial charge is 0.247 e. The molecule has 3 nitrogen and oxygen atoms in total. The van der Waals surface area contributed by atoms with Gasteiger partial charge in [-0.1, -0.05) is 176 Å². The van der Waals surface area contributed by atoms with Crippen molar-refractivity contribution in [2.24, 2.45) is 0 Å². The first kappa shape index (κ1) is 45.8. The summed E-state index contributed by atoms with van der Waals surface area (Å²) >= 11 is 0. The van der Waals surface area contributed by atoms with Crippen LogP contribution in [0.5, 0.6) is 0 Å². The quantitative estimate of drug-likeness (QED) is 0.146. The first-order valence-electron chi connectivity index (χ1n) is 27.4. The van der Waals surface area contributed by atoms with E-state index in [1.165, 1.54) is 138 Å². The standard InChI is InChI=1S/C70H70BN3/c1-65(2,3)40-19-25-45(26-20-40)72-55-32-24-43-36-50(55)60-57(72)33-29-47-59-56(73(64(47)60)46-27-21-41(22-28-46)68(10,11)39-69(43,12)13)34-30-52-61(59)70(14,15)51-17-16-18-58-62(51)71(52)53-38-44(67(7,8)9)37-49-48-35-42(66(4,5)6)23-31-54(48)74(58)63(49)53/h16-38H,39H2,1-15H3. The van der Waals surface area contributed by atoms with Crippen LogP contribution >= 0.6 is 0 Å². The first-order valence-corrected chi connectivity index (χ1v) is 27.4. The number of nitrogens with zero attached hydrogens (tertiary/aromatic N) is 3. The van der Waals surface area contributed by atoms with E-state index in [-0.39, 0.29) is 39.2 Å². The lowest BCUT2D eigenvalue weighted by molar-refractivity contribution is 0.349. The predicted octanol–water partition coefficient (Wildman–Crippen LogP) is 16.3. The van der Waals surface area contributed by atoms with E-state index in [9.17, 15) is 0 Å². The molecule has 4 aliphatic heterocycles. The molecule has 0 atom stereocenters. The highest BCUT2D eigenvalue weighted by molar-refractivity contribution is 6.99. The highest BCUT2D eigenvalue weighted by atomic mass is 15.0. The third kappa shape index (κ3) is 6.03. The third-order valence-electron chi connectivity index (χ3n) is 18.6. The van der Waals surface area contributed by atoms with Gasteiger partial charge >= 0.3 is 0 Å². The second-order valence-electron chi connectivity index (χ2n) is 27.8. The summed E-state index contributed by atoms with van der Waals surface area (Å²) in [4.78, 5) is 0. The van der Waals surface area contributed by atoms with Crippen LogP contribution in [0.4, 0.5) is 0 Å². The van der Waals surface area contributed by atoms with E-state index in [4.69, 9.17) is 0 Å². The summed E-state index contributed by atoms with van der Waals surface area (Å²) < 4.78 is 7.83. The molecule has 4 bridgehead atoms. The van der Waals surface area contributed by atoms with Gasteiger partial charge in [0.2, 0.25) is 6.71 Å². The van der Waals surface area contributed by atoms with E-state index < -0.39 is 0 Å². The van der Waals surface area contributed by atoms with Gasteiger partial charge in [0.1, 0.15) is 0 Å². The zero-order valence-corrected chi connectivity index (χ0v) is 46.4. The average Bonchev–Trinajstić information content (AvgIpc) is 3.99. The van der Waals surface area contributed by atoms with Gasteiger partial charge < -0.3 is 13.7 Å². The summed E-state index contributed by atoms with van der Waals surface area (Å²) in [6.07, 6.45) is 1.03. The number of benzene rings is 8. The van der Waals surface area contributed by atoms with Crippen molar-refractivity contribution in [3.8, 4) is 17.1 Å². The molecule has 4 aliphatic rings. The van der Waals surface area contributed by atoms with Gasteiger partial charge in [-0.15, -0.1) is 0 Å². The van der Waals surface area contributed by atoms with Crippen molar-refractivity contribution < 1.29 is 0 Å². The third-order valence-corrected chi connectivity index (χ3v) is 18.6. The number of hydrogen-bond acceptors (Lipinski definition) is 0. The molecule has 4 heteroatoms. The summed E-state index contributed by atoms with van der Waals surface area (Å²) in [7, 11) is 0. The fourth-order valence-corrected chi connectivity index (χ4v) is 14.8. The summed E-state index contributed by atoms with van der Waals surface area (Å²) in [6, 6.07) is 56.1. The van der Waals surface area contributed by atoms with Crippen molar-refractivity contribution >= 4 is 88.5 Å². The maximum absolute atomic E-state index is 2.65. The van der Waals surface area contributed by atoms with Crippen molar-refractivity contribution in [3.63, 3.8) is 0 Å². The van der Waals surface area contributed by atoms with Crippen LogP contribution < -0.4 is 16.4 Å². The topological polar surface area (TPSA) is 14.8 Å². The Morgan fingerprint density at radius 1 is 0.419 bits per heavy atom. The Kier molecular flexibility index (Phi) is 8.87. The van der Waals surface area contributed by atoms with E-state index in [1.807, 2.05) is 0 Å². The molecule has 0 fully saturated rings. The Labute approximate surface area is 438 Å². The zero-order valence-electron chi connectivity index (χ0n) is 46.4. The van der Waals surface area contributed by atoms with Gasteiger partial charge in [-0.25, -0.2) is 0 Å². The average molecular weight is 964 g/mol. The van der Waals surface area contributed by atoms with E-state index in [0.717, 1.165) is 6.42 Å². The van der Waals surface area contributed by atoms with Crippen molar-refractivity contribution in [1.29, 1.82) is 0 Å². The minimum atomic E-state index is -0.333. The van der Waals surface area contributed by atoms with Crippen molar-refractivity contribution in [1.82, 2.24) is 13.7 Å².